The summed E-state index contributed by atoms with van der Waals surface area (Å²) in [6.45, 7) is 3.11. The maximum Gasteiger partial charge on any atom is 0.275 e. The summed E-state index contributed by atoms with van der Waals surface area (Å²) in [6, 6.07) is 5.69. The Balaban J connectivity index is 2.11. The molecule has 2 aromatic rings. The lowest BCUT2D eigenvalue weighted by molar-refractivity contribution is 0.102. The predicted octanol–water partition coefficient (Wildman–Crippen LogP) is 2.17. The molecule has 19 heavy (non-hydrogen) atoms. The van der Waals surface area contributed by atoms with Gasteiger partial charge in [0.15, 0.2) is 0 Å². The van der Waals surface area contributed by atoms with E-state index in [1.54, 1.807) is 17.1 Å². The Bertz CT molecular complexity index is 594. The van der Waals surface area contributed by atoms with Crippen LogP contribution in [-0.2, 0) is 6.54 Å². The lowest BCUT2D eigenvalue weighted by atomic mass is 10.2. The summed E-state index contributed by atoms with van der Waals surface area (Å²) < 4.78 is 2.78. The van der Waals surface area contributed by atoms with Crippen molar-refractivity contribution >= 4 is 27.5 Å². The van der Waals surface area contributed by atoms with Gasteiger partial charge < -0.3 is 15.6 Å². The van der Waals surface area contributed by atoms with Crippen molar-refractivity contribution in [1.29, 1.82) is 0 Å². The molecule has 0 aliphatic carbocycles. The largest absolute Gasteiger partial charge is 0.335 e. The van der Waals surface area contributed by atoms with Crippen LogP contribution in [0.1, 0.15) is 16.1 Å². The molecule has 1 amide bonds. The molecule has 100 valence electrons. The molecule has 1 aromatic carbocycles. The number of anilines is 1. The van der Waals surface area contributed by atoms with E-state index in [9.17, 15) is 4.79 Å². The van der Waals surface area contributed by atoms with Gasteiger partial charge in [-0.25, -0.2) is 4.98 Å². The summed E-state index contributed by atoms with van der Waals surface area (Å²) in [5.41, 5.74) is 7.60. The highest BCUT2D eigenvalue weighted by molar-refractivity contribution is 9.10. The van der Waals surface area contributed by atoms with E-state index < -0.39 is 0 Å². The molecule has 0 bridgehead atoms. The molecule has 0 unspecified atom stereocenters. The number of amides is 1. The van der Waals surface area contributed by atoms with Crippen molar-refractivity contribution in [3.05, 3.63) is 46.5 Å². The van der Waals surface area contributed by atoms with E-state index in [-0.39, 0.29) is 5.91 Å². The number of hydrogen-bond donors (Lipinski definition) is 2. The third-order valence-corrected chi connectivity index (χ3v) is 3.18. The van der Waals surface area contributed by atoms with Gasteiger partial charge in [-0.1, -0.05) is 15.9 Å². The first-order valence-electron chi connectivity index (χ1n) is 5.89. The minimum Gasteiger partial charge on any atom is -0.335 e. The molecule has 5 nitrogen and oxygen atoms in total. The molecular formula is C13H15BrN4O. The molecule has 0 fully saturated rings. The normalized spacial score (nSPS) is 10.5. The Hall–Kier alpha value is -1.66. The smallest absolute Gasteiger partial charge is 0.275 e. The quantitative estimate of drug-likeness (QED) is 0.906. The van der Waals surface area contributed by atoms with Crippen LogP contribution >= 0.6 is 15.9 Å². The third-order valence-electron chi connectivity index (χ3n) is 2.69. The molecule has 6 heteroatoms. The average molecular weight is 323 g/mol. The minimum atomic E-state index is -0.221. The molecule has 3 N–H and O–H groups in total. The number of nitrogens with zero attached hydrogens (tertiary/aromatic N) is 2. The summed E-state index contributed by atoms with van der Waals surface area (Å²) in [7, 11) is 0. The van der Waals surface area contributed by atoms with E-state index in [1.807, 2.05) is 25.1 Å². The molecule has 0 radical (unpaired) electrons. The molecule has 0 aliphatic heterocycles. The summed E-state index contributed by atoms with van der Waals surface area (Å²) in [4.78, 5) is 16.1. The van der Waals surface area contributed by atoms with Crippen LogP contribution in [0.3, 0.4) is 0 Å². The van der Waals surface area contributed by atoms with Crippen LogP contribution < -0.4 is 11.1 Å². The number of rotatable bonds is 4. The van der Waals surface area contributed by atoms with Gasteiger partial charge in [-0.15, -0.1) is 0 Å². The number of hydrogen-bond acceptors (Lipinski definition) is 3. The maximum atomic E-state index is 12.0. The number of nitrogens with two attached hydrogens (primary N) is 1. The molecule has 1 aromatic heterocycles. The van der Waals surface area contributed by atoms with Crippen LogP contribution in [0.4, 0.5) is 5.69 Å². The van der Waals surface area contributed by atoms with Crippen LogP contribution in [0.2, 0.25) is 0 Å². The van der Waals surface area contributed by atoms with E-state index >= 15 is 0 Å². The van der Waals surface area contributed by atoms with Crippen molar-refractivity contribution in [1.82, 2.24) is 9.55 Å². The molecule has 1 heterocycles. The highest BCUT2D eigenvalue weighted by atomic mass is 79.9. The summed E-state index contributed by atoms with van der Waals surface area (Å²) in [5, 5.41) is 2.84. The Morgan fingerprint density at radius 1 is 1.53 bits per heavy atom. The molecule has 0 spiro atoms. The first kappa shape index (κ1) is 13.8. The topological polar surface area (TPSA) is 72.9 Å². The van der Waals surface area contributed by atoms with Crippen LogP contribution in [0.15, 0.2) is 35.2 Å². The zero-order valence-corrected chi connectivity index (χ0v) is 12.1. The van der Waals surface area contributed by atoms with Gasteiger partial charge in [0.1, 0.15) is 5.69 Å². The Morgan fingerprint density at radius 3 is 3.00 bits per heavy atom. The van der Waals surface area contributed by atoms with Crippen LogP contribution in [0.5, 0.6) is 0 Å². The summed E-state index contributed by atoms with van der Waals surface area (Å²) in [5.74, 6) is -0.221. The van der Waals surface area contributed by atoms with Gasteiger partial charge in [-0.05, 0) is 30.7 Å². The third kappa shape index (κ3) is 3.42. The fraction of sp³-hybridized carbons (Fsp3) is 0.231. The number of imidazole rings is 1. The molecule has 0 aliphatic rings. The number of carbonyl (C=O) groups is 1. The lowest BCUT2D eigenvalue weighted by Crippen LogP contribution is -2.13. The number of halogens is 1. The van der Waals surface area contributed by atoms with Gasteiger partial charge in [0.2, 0.25) is 0 Å². The van der Waals surface area contributed by atoms with Crippen molar-refractivity contribution < 1.29 is 4.79 Å². The van der Waals surface area contributed by atoms with E-state index in [0.717, 1.165) is 15.7 Å². The highest BCUT2D eigenvalue weighted by Crippen LogP contribution is 2.20. The number of carbonyl (C=O) groups excluding carboxylic acids is 1. The second kappa shape index (κ2) is 5.99. The highest BCUT2D eigenvalue weighted by Gasteiger charge is 2.10. The van der Waals surface area contributed by atoms with Crippen LogP contribution in [-0.4, -0.2) is 22.0 Å². The molecule has 0 saturated heterocycles. The van der Waals surface area contributed by atoms with Gasteiger partial charge in [0.05, 0.1) is 6.33 Å². The monoisotopic (exact) mass is 322 g/mol. The number of aromatic nitrogens is 2. The zero-order chi connectivity index (χ0) is 13.8. The first-order valence-corrected chi connectivity index (χ1v) is 6.69. The van der Waals surface area contributed by atoms with E-state index in [0.29, 0.717) is 18.8 Å². The van der Waals surface area contributed by atoms with Crippen molar-refractivity contribution in [3.63, 3.8) is 0 Å². The molecule has 0 atom stereocenters. The molecule has 2 rings (SSSR count). The lowest BCUT2D eigenvalue weighted by Gasteiger charge is -2.07. The van der Waals surface area contributed by atoms with Gasteiger partial charge in [0, 0.05) is 29.4 Å². The second-order valence-electron chi connectivity index (χ2n) is 4.20. The standard InChI is InChI=1S/C13H15BrN4O/c1-9-6-10(14)2-3-11(9)17-13(19)12-7-18(5-4-15)8-16-12/h2-3,6-8H,4-5,15H2,1H3,(H,17,19). The average Bonchev–Trinajstić information content (AvgIpc) is 2.82. The second-order valence-corrected chi connectivity index (χ2v) is 5.11. The van der Waals surface area contributed by atoms with E-state index in [4.69, 9.17) is 5.73 Å². The summed E-state index contributed by atoms with van der Waals surface area (Å²) in [6.07, 6.45) is 3.30. The minimum absolute atomic E-state index is 0.221. The van der Waals surface area contributed by atoms with Crippen molar-refractivity contribution in [2.45, 2.75) is 13.5 Å². The van der Waals surface area contributed by atoms with Gasteiger partial charge in [-0.2, -0.15) is 0 Å². The SMILES string of the molecule is Cc1cc(Br)ccc1NC(=O)c1cn(CCN)cn1. The zero-order valence-electron chi connectivity index (χ0n) is 10.6. The number of benzene rings is 1. The first-order chi connectivity index (χ1) is 9.10. The predicted molar refractivity (Wildman–Crippen MR) is 78.1 cm³/mol. The maximum absolute atomic E-state index is 12.0. The number of nitrogens with one attached hydrogen (secondary N) is 1. The Kier molecular flexibility index (Phi) is 4.34. The van der Waals surface area contributed by atoms with E-state index in [2.05, 4.69) is 26.2 Å². The van der Waals surface area contributed by atoms with E-state index in [1.165, 1.54) is 0 Å². The fourth-order valence-corrected chi connectivity index (χ4v) is 2.18. The van der Waals surface area contributed by atoms with Crippen molar-refractivity contribution in [2.75, 3.05) is 11.9 Å². The number of aryl methyl sites for hydroxylation is 1. The summed E-state index contributed by atoms with van der Waals surface area (Å²) >= 11 is 3.39. The molecular weight excluding hydrogens is 308 g/mol. The van der Waals surface area contributed by atoms with Gasteiger partial charge in [0.25, 0.3) is 5.91 Å². The van der Waals surface area contributed by atoms with Gasteiger partial charge >= 0.3 is 0 Å². The van der Waals surface area contributed by atoms with Crippen molar-refractivity contribution in [3.8, 4) is 0 Å². The van der Waals surface area contributed by atoms with Crippen LogP contribution in [0.25, 0.3) is 0 Å². The Labute approximate surface area is 120 Å². The molecule has 0 saturated carbocycles. The van der Waals surface area contributed by atoms with Gasteiger partial charge in [-0.3, -0.25) is 4.79 Å². The van der Waals surface area contributed by atoms with Crippen molar-refractivity contribution in [2.24, 2.45) is 5.73 Å². The fourth-order valence-electron chi connectivity index (χ4n) is 1.70. The Morgan fingerprint density at radius 2 is 2.32 bits per heavy atom. The van der Waals surface area contributed by atoms with Crippen LogP contribution in [0, 0.1) is 6.92 Å².